The maximum absolute atomic E-state index is 5.78. The van der Waals surface area contributed by atoms with Crippen molar-refractivity contribution in [1.82, 2.24) is 15.0 Å². The van der Waals surface area contributed by atoms with Gasteiger partial charge in [-0.05, 0) is 6.07 Å². The molecule has 84 valence electrons. The predicted octanol–water partition coefficient (Wildman–Crippen LogP) is 0.631. The van der Waals surface area contributed by atoms with Crippen LogP contribution in [0.1, 0.15) is 5.82 Å². The summed E-state index contributed by atoms with van der Waals surface area (Å²) in [6.45, 7) is 1.88. The number of rotatable bonds is 3. The largest absolute Gasteiger partial charge is 0.379 e. The molecular formula is C11H14N4O. The lowest BCUT2D eigenvalue weighted by atomic mass is 9.85. The van der Waals surface area contributed by atoms with Gasteiger partial charge < -0.3 is 20.4 Å². The van der Waals surface area contributed by atoms with Gasteiger partial charge in [0.1, 0.15) is 5.82 Å². The molecule has 0 unspecified atom stereocenters. The van der Waals surface area contributed by atoms with Gasteiger partial charge in [-0.15, -0.1) is 0 Å². The van der Waals surface area contributed by atoms with Crippen LogP contribution in [0.25, 0.3) is 11.3 Å². The average Bonchev–Trinajstić information content (AvgIpc) is 2.86. The molecule has 0 bridgehead atoms. The molecule has 5 heteroatoms. The molecule has 1 fully saturated rings. The molecule has 1 saturated heterocycles. The monoisotopic (exact) mass is 218 g/mol. The summed E-state index contributed by atoms with van der Waals surface area (Å²) in [5.74, 6) is 0.928. The van der Waals surface area contributed by atoms with E-state index in [1.165, 1.54) is 0 Å². The zero-order valence-electron chi connectivity index (χ0n) is 8.86. The molecule has 5 nitrogen and oxygen atoms in total. The van der Waals surface area contributed by atoms with Crippen molar-refractivity contribution in [2.45, 2.75) is 5.41 Å². The van der Waals surface area contributed by atoms with Gasteiger partial charge in [0.15, 0.2) is 0 Å². The quantitative estimate of drug-likeness (QED) is 0.707. The third-order valence-electron chi connectivity index (χ3n) is 3.13. The van der Waals surface area contributed by atoms with E-state index in [0.29, 0.717) is 19.8 Å². The average molecular weight is 218 g/mol. The first-order chi connectivity index (χ1) is 7.84. The Labute approximate surface area is 93.0 Å². The van der Waals surface area contributed by atoms with E-state index in [0.717, 1.165) is 17.1 Å². The van der Waals surface area contributed by atoms with Crippen molar-refractivity contribution < 1.29 is 4.74 Å². The van der Waals surface area contributed by atoms with Crippen molar-refractivity contribution >= 4 is 0 Å². The standard InChI is InChI=1S/C11H14N4O/c12-5-11(6-16-7-11)10-14-4-9(15-10)8-1-2-13-3-8/h1-4,13H,5-7,12H2,(H,14,15). The first-order valence-corrected chi connectivity index (χ1v) is 5.30. The Morgan fingerprint density at radius 2 is 2.38 bits per heavy atom. The molecule has 3 heterocycles. The Bertz CT molecular complexity index is 464. The Balaban J connectivity index is 1.93. The molecule has 2 aromatic heterocycles. The first-order valence-electron chi connectivity index (χ1n) is 5.30. The van der Waals surface area contributed by atoms with Crippen molar-refractivity contribution in [1.29, 1.82) is 0 Å². The lowest BCUT2D eigenvalue weighted by molar-refractivity contribution is -0.0589. The van der Waals surface area contributed by atoms with Gasteiger partial charge in [0.2, 0.25) is 0 Å². The highest BCUT2D eigenvalue weighted by molar-refractivity contribution is 5.57. The molecule has 1 aliphatic rings. The minimum atomic E-state index is -0.103. The fourth-order valence-corrected chi connectivity index (χ4v) is 1.93. The van der Waals surface area contributed by atoms with E-state index < -0.39 is 0 Å². The summed E-state index contributed by atoms with van der Waals surface area (Å²) < 4.78 is 5.24. The number of hydrogen-bond donors (Lipinski definition) is 3. The second kappa shape index (κ2) is 3.47. The smallest absolute Gasteiger partial charge is 0.118 e. The molecule has 2 aromatic rings. The fourth-order valence-electron chi connectivity index (χ4n) is 1.93. The topological polar surface area (TPSA) is 79.7 Å². The number of hydrogen-bond acceptors (Lipinski definition) is 3. The lowest BCUT2D eigenvalue weighted by Crippen LogP contribution is -2.52. The lowest BCUT2D eigenvalue weighted by Gasteiger charge is -2.38. The number of nitrogens with one attached hydrogen (secondary N) is 2. The van der Waals surface area contributed by atoms with E-state index in [1.807, 2.05) is 24.7 Å². The molecule has 0 atom stereocenters. The van der Waals surface area contributed by atoms with Crippen LogP contribution in [0.15, 0.2) is 24.7 Å². The van der Waals surface area contributed by atoms with E-state index in [-0.39, 0.29) is 5.41 Å². The van der Waals surface area contributed by atoms with Gasteiger partial charge in [-0.3, -0.25) is 0 Å². The molecule has 0 aromatic carbocycles. The van der Waals surface area contributed by atoms with Crippen LogP contribution < -0.4 is 5.73 Å². The van der Waals surface area contributed by atoms with Crippen LogP contribution in [0.2, 0.25) is 0 Å². The van der Waals surface area contributed by atoms with Crippen LogP contribution in [0.3, 0.4) is 0 Å². The normalized spacial score (nSPS) is 18.3. The second-order valence-electron chi connectivity index (χ2n) is 4.22. The van der Waals surface area contributed by atoms with Gasteiger partial charge in [-0.1, -0.05) is 0 Å². The maximum atomic E-state index is 5.78. The fraction of sp³-hybridized carbons (Fsp3) is 0.364. The Morgan fingerprint density at radius 3 is 2.94 bits per heavy atom. The van der Waals surface area contributed by atoms with Crippen LogP contribution in [0, 0.1) is 0 Å². The van der Waals surface area contributed by atoms with Crippen LogP contribution in [-0.4, -0.2) is 34.7 Å². The van der Waals surface area contributed by atoms with Crippen LogP contribution in [0.5, 0.6) is 0 Å². The Hall–Kier alpha value is -1.59. The van der Waals surface area contributed by atoms with Gasteiger partial charge in [0.25, 0.3) is 0 Å². The third-order valence-corrected chi connectivity index (χ3v) is 3.13. The van der Waals surface area contributed by atoms with Crippen LogP contribution >= 0.6 is 0 Å². The van der Waals surface area contributed by atoms with Crippen molar-refractivity contribution in [2.24, 2.45) is 5.73 Å². The van der Waals surface area contributed by atoms with E-state index in [9.17, 15) is 0 Å². The molecule has 0 spiro atoms. The Kier molecular flexibility index (Phi) is 2.08. The number of nitrogens with two attached hydrogens (primary N) is 1. The van der Waals surface area contributed by atoms with E-state index >= 15 is 0 Å². The summed E-state index contributed by atoms with van der Waals surface area (Å²) in [6, 6.07) is 2.00. The zero-order chi connectivity index (χ0) is 11.0. The molecule has 16 heavy (non-hydrogen) atoms. The highest BCUT2D eigenvalue weighted by Crippen LogP contribution is 2.30. The SMILES string of the molecule is NCC1(c2ncc(-c3cc[nH]c3)[nH]2)COC1. The number of aromatic amines is 2. The van der Waals surface area contributed by atoms with Crippen molar-refractivity contribution in [3.8, 4) is 11.3 Å². The highest BCUT2D eigenvalue weighted by Gasteiger charge is 2.41. The number of imidazole rings is 1. The Morgan fingerprint density at radius 1 is 1.50 bits per heavy atom. The van der Waals surface area contributed by atoms with Crippen LogP contribution in [0.4, 0.5) is 0 Å². The number of H-pyrrole nitrogens is 2. The molecule has 0 aliphatic carbocycles. The predicted molar refractivity (Wildman–Crippen MR) is 59.9 cm³/mol. The van der Waals surface area contributed by atoms with E-state index in [1.54, 1.807) is 0 Å². The van der Waals surface area contributed by atoms with Gasteiger partial charge in [-0.25, -0.2) is 4.98 Å². The zero-order valence-corrected chi connectivity index (χ0v) is 8.86. The summed E-state index contributed by atoms with van der Waals surface area (Å²) in [6.07, 6.45) is 5.67. The van der Waals surface area contributed by atoms with E-state index in [2.05, 4.69) is 15.0 Å². The molecule has 0 amide bonds. The van der Waals surface area contributed by atoms with Crippen molar-refractivity contribution in [2.75, 3.05) is 19.8 Å². The number of ether oxygens (including phenoxy) is 1. The number of nitrogens with zero attached hydrogens (tertiary/aromatic N) is 1. The highest BCUT2D eigenvalue weighted by atomic mass is 16.5. The molecule has 1 aliphatic heterocycles. The maximum Gasteiger partial charge on any atom is 0.118 e. The summed E-state index contributed by atoms with van der Waals surface area (Å²) >= 11 is 0. The van der Waals surface area contributed by atoms with E-state index in [4.69, 9.17) is 10.5 Å². The van der Waals surface area contributed by atoms with Crippen molar-refractivity contribution in [3.05, 3.63) is 30.5 Å². The summed E-state index contributed by atoms with van der Waals surface area (Å²) in [4.78, 5) is 10.7. The minimum absolute atomic E-state index is 0.103. The molecule has 0 saturated carbocycles. The second-order valence-corrected chi connectivity index (χ2v) is 4.22. The van der Waals surface area contributed by atoms with Gasteiger partial charge >= 0.3 is 0 Å². The van der Waals surface area contributed by atoms with Gasteiger partial charge in [0.05, 0.1) is 30.5 Å². The first kappa shape index (κ1) is 9.62. The summed E-state index contributed by atoms with van der Waals surface area (Å²) in [5, 5.41) is 0. The van der Waals surface area contributed by atoms with Gasteiger partial charge in [-0.2, -0.15) is 0 Å². The molecular weight excluding hydrogens is 204 g/mol. The third kappa shape index (κ3) is 1.29. The molecule has 3 rings (SSSR count). The van der Waals surface area contributed by atoms with Crippen molar-refractivity contribution in [3.63, 3.8) is 0 Å². The number of aromatic nitrogens is 3. The minimum Gasteiger partial charge on any atom is -0.379 e. The summed E-state index contributed by atoms with van der Waals surface area (Å²) in [7, 11) is 0. The van der Waals surface area contributed by atoms with Crippen LogP contribution in [-0.2, 0) is 10.2 Å². The molecule has 0 radical (unpaired) electrons. The molecule has 4 N–H and O–H groups in total. The summed E-state index contributed by atoms with van der Waals surface area (Å²) in [5.41, 5.74) is 7.79. The van der Waals surface area contributed by atoms with Gasteiger partial charge in [0, 0.05) is 24.5 Å².